The number of hydrogen-bond acceptors (Lipinski definition) is 2. The summed E-state index contributed by atoms with van der Waals surface area (Å²) in [5.74, 6) is 0. The van der Waals surface area contributed by atoms with Crippen molar-refractivity contribution in [1.29, 1.82) is 0 Å². The van der Waals surface area contributed by atoms with Crippen LogP contribution < -0.4 is 0 Å². The highest BCUT2D eigenvalue weighted by atomic mass is 79.9. The fourth-order valence-corrected chi connectivity index (χ4v) is 1.41. The minimum absolute atomic E-state index is 0.193. The van der Waals surface area contributed by atoms with Crippen LogP contribution in [0.3, 0.4) is 0 Å². The summed E-state index contributed by atoms with van der Waals surface area (Å²) in [7, 11) is 0. The number of alkyl halides is 1. The average molecular weight is 222 g/mol. The van der Waals surface area contributed by atoms with Gasteiger partial charge in [0.25, 0.3) is 0 Å². The number of halogens is 1. The fraction of sp³-hybridized carbons (Fsp3) is 0.857. The van der Waals surface area contributed by atoms with Crippen molar-refractivity contribution in [2.75, 3.05) is 18.6 Å². The van der Waals surface area contributed by atoms with E-state index in [0.29, 0.717) is 5.52 Å². The van der Waals surface area contributed by atoms with Crippen molar-refractivity contribution in [3.63, 3.8) is 0 Å². The topological polar surface area (TPSA) is 29.5 Å². The molecule has 1 heterocycles. The van der Waals surface area contributed by atoms with E-state index in [1.54, 1.807) is 4.90 Å². The third-order valence-electron chi connectivity index (χ3n) is 1.79. The first-order chi connectivity index (χ1) is 5.34. The van der Waals surface area contributed by atoms with Gasteiger partial charge in [0.1, 0.15) is 5.52 Å². The van der Waals surface area contributed by atoms with Crippen LogP contribution in [0, 0.1) is 0 Å². The third-order valence-corrected chi connectivity index (χ3v) is 2.02. The lowest BCUT2D eigenvalue weighted by molar-refractivity contribution is 0.112. The summed E-state index contributed by atoms with van der Waals surface area (Å²) in [5.41, 5.74) is 0.294. The number of carbonyl (C=O) groups excluding carboxylic acids is 1. The SMILES string of the molecule is O=C(OCBr)N1CCCCC1. The molecule has 0 unspecified atom stereocenters. The Kier molecular flexibility index (Phi) is 3.69. The highest BCUT2D eigenvalue weighted by Crippen LogP contribution is 2.09. The van der Waals surface area contributed by atoms with Crippen molar-refractivity contribution >= 4 is 22.0 Å². The van der Waals surface area contributed by atoms with Gasteiger partial charge in [-0.2, -0.15) is 0 Å². The first-order valence-electron chi connectivity index (χ1n) is 3.82. The smallest absolute Gasteiger partial charge is 0.410 e. The molecule has 1 rings (SSSR count). The molecule has 0 saturated carbocycles. The van der Waals surface area contributed by atoms with Crippen LogP contribution in [0.1, 0.15) is 19.3 Å². The van der Waals surface area contributed by atoms with Crippen LogP contribution in [-0.4, -0.2) is 29.6 Å². The predicted octanol–water partition coefficient (Wildman–Crippen LogP) is 1.96. The Morgan fingerprint density at radius 2 is 2.00 bits per heavy atom. The Labute approximate surface area is 74.8 Å². The van der Waals surface area contributed by atoms with Crippen molar-refractivity contribution in [1.82, 2.24) is 4.90 Å². The predicted molar refractivity (Wildman–Crippen MR) is 45.7 cm³/mol. The van der Waals surface area contributed by atoms with E-state index in [9.17, 15) is 4.79 Å². The molecule has 4 heteroatoms. The van der Waals surface area contributed by atoms with E-state index in [0.717, 1.165) is 25.9 Å². The number of ether oxygens (including phenoxy) is 1. The van der Waals surface area contributed by atoms with E-state index < -0.39 is 0 Å². The van der Waals surface area contributed by atoms with Gasteiger partial charge in [0.05, 0.1) is 0 Å². The maximum Gasteiger partial charge on any atom is 0.410 e. The molecule has 0 bridgehead atoms. The Morgan fingerprint density at radius 3 is 2.55 bits per heavy atom. The highest BCUT2D eigenvalue weighted by molar-refractivity contribution is 9.09. The van der Waals surface area contributed by atoms with Gasteiger partial charge in [-0.25, -0.2) is 4.79 Å². The van der Waals surface area contributed by atoms with Gasteiger partial charge in [0.15, 0.2) is 0 Å². The molecular formula is C7H12BrNO2. The van der Waals surface area contributed by atoms with Crippen molar-refractivity contribution in [3.8, 4) is 0 Å². The lowest BCUT2D eigenvalue weighted by atomic mass is 10.1. The van der Waals surface area contributed by atoms with E-state index in [4.69, 9.17) is 4.74 Å². The Balaban J connectivity index is 2.27. The number of piperidine rings is 1. The lowest BCUT2D eigenvalue weighted by Crippen LogP contribution is -2.35. The molecular weight excluding hydrogens is 210 g/mol. The Hall–Kier alpha value is -0.250. The summed E-state index contributed by atoms with van der Waals surface area (Å²) in [6, 6.07) is 0. The van der Waals surface area contributed by atoms with E-state index in [1.165, 1.54) is 6.42 Å². The summed E-state index contributed by atoms with van der Waals surface area (Å²) in [6.45, 7) is 1.71. The zero-order valence-electron chi connectivity index (χ0n) is 6.38. The first-order valence-corrected chi connectivity index (χ1v) is 4.94. The fourth-order valence-electron chi connectivity index (χ4n) is 1.21. The van der Waals surface area contributed by atoms with E-state index in [-0.39, 0.29) is 6.09 Å². The number of likely N-dealkylation sites (tertiary alicyclic amines) is 1. The third kappa shape index (κ3) is 2.69. The van der Waals surface area contributed by atoms with Crippen molar-refractivity contribution < 1.29 is 9.53 Å². The zero-order valence-corrected chi connectivity index (χ0v) is 7.97. The molecule has 11 heavy (non-hydrogen) atoms. The average Bonchev–Trinajstić information content (AvgIpc) is 2.07. The highest BCUT2D eigenvalue weighted by Gasteiger charge is 2.16. The maximum absolute atomic E-state index is 11.1. The molecule has 1 aliphatic rings. The molecule has 1 aliphatic heterocycles. The quantitative estimate of drug-likeness (QED) is 0.634. The van der Waals surface area contributed by atoms with E-state index in [2.05, 4.69) is 15.9 Å². The van der Waals surface area contributed by atoms with E-state index >= 15 is 0 Å². The lowest BCUT2D eigenvalue weighted by Gasteiger charge is -2.25. The molecule has 3 nitrogen and oxygen atoms in total. The van der Waals surface area contributed by atoms with Crippen molar-refractivity contribution in [3.05, 3.63) is 0 Å². The Bertz CT molecular complexity index is 134. The largest absolute Gasteiger partial charge is 0.438 e. The van der Waals surface area contributed by atoms with Crippen LogP contribution in [-0.2, 0) is 4.74 Å². The molecule has 0 radical (unpaired) electrons. The molecule has 0 aliphatic carbocycles. The molecule has 0 aromatic carbocycles. The van der Waals surface area contributed by atoms with Gasteiger partial charge >= 0.3 is 6.09 Å². The summed E-state index contributed by atoms with van der Waals surface area (Å²) >= 11 is 3.05. The molecule has 1 amide bonds. The van der Waals surface area contributed by atoms with Crippen LogP contribution in [0.2, 0.25) is 0 Å². The molecule has 1 fully saturated rings. The standard InChI is InChI=1S/C7H12BrNO2/c8-6-11-7(10)9-4-2-1-3-5-9/h1-6H2. The Morgan fingerprint density at radius 1 is 1.36 bits per heavy atom. The number of hydrogen-bond donors (Lipinski definition) is 0. The van der Waals surface area contributed by atoms with Crippen molar-refractivity contribution in [2.45, 2.75) is 19.3 Å². The summed E-state index contributed by atoms with van der Waals surface area (Å²) in [5, 5.41) is 0. The van der Waals surface area contributed by atoms with Crippen LogP contribution in [0.4, 0.5) is 4.79 Å². The van der Waals surface area contributed by atoms with E-state index in [1.807, 2.05) is 0 Å². The minimum atomic E-state index is -0.193. The van der Waals surface area contributed by atoms with Gasteiger partial charge in [-0.3, -0.25) is 0 Å². The normalized spacial score (nSPS) is 18.1. The van der Waals surface area contributed by atoms with Crippen LogP contribution in [0.25, 0.3) is 0 Å². The summed E-state index contributed by atoms with van der Waals surface area (Å²) in [4.78, 5) is 12.8. The second kappa shape index (κ2) is 4.59. The number of carbonyl (C=O) groups is 1. The van der Waals surface area contributed by atoms with Gasteiger partial charge in [-0.1, -0.05) is 0 Å². The monoisotopic (exact) mass is 221 g/mol. The maximum atomic E-state index is 11.1. The van der Waals surface area contributed by atoms with Crippen molar-refractivity contribution in [2.24, 2.45) is 0 Å². The molecule has 1 saturated heterocycles. The molecule has 0 aromatic rings. The summed E-state index contributed by atoms with van der Waals surface area (Å²) in [6.07, 6.45) is 3.26. The zero-order chi connectivity index (χ0) is 8.10. The number of rotatable bonds is 1. The molecule has 0 N–H and O–H groups in total. The first kappa shape index (κ1) is 8.84. The van der Waals surface area contributed by atoms with Crippen LogP contribution in [0.5, 0.6) is 0 Å². The number of amides is 1. The minimum Gasteiger partial charge on any atom is -0.438 e. The van der Waals surface area contributed by atoms with Gasteiger partial charge < -0.3 is 9.64 Å². The van der Waals surface area contributed by atoms with Gasteiger partial charge in [-0.15, -0.1) is 0 Å². The van der Waals surface area contributed by atoms with Crippen LogP contribution in [0.15, 0.2) is 0 Å². The van der Waals surface area contributed by atoms with Gasteiger partial charge in [0.2, 0.25) is 0 Å². The van der Waals surface area contributed by atoms with Gasteiger partial charge in [0, 0.05) is 13.1 Å². The molecule has 0 spiro atoms. The molecule has 64 valence electrons. The molecule has 0 aromatic heterocycles. The second-order valence-corrected chi connectivity index (χ2v) is 3.02. The second-order valence-electron chi connectivity index (χ2n) is 2.57. The summed E-state index contributed by atoms with van der Waals surface area (Å²) < 4.78 is 4.78. The van der Waals surface area contributed by atoms with Crippen LogP contribution >= 0.6 is 15.9 Å². The molecule has 0 atom stereocenters. The number of nitrogens with zero attached hydrogens (tertiary/aromatic N) is 1. The van der Waals surface area contributed by atoms with Gasteiger partial charge in [-0.05, 0) is 35.2 Å².